The van der Waals surface area contributed by atoms with Crippen molar-refractivity contribution in [2.24, 2.45) is 0 Å². The summed E-state index contributed by atoms with van der Waals surface area (Å²) in [5, 5.41) is 13.8. The molecule has 4 atom stereocenters. The van der Waals surface area contributed by atoms with E-state index in [0.29, 0.717) is 16.4 Å². The second-order valence-electron chi connectivity index (χ2n) is 12.5. The number of aliphatic hydroxyl groups is 1. The number of amides is 2. The number of carbonyl (C=O) groups is 2. The number of anilines is 1. The number of sulfonamides is 1. The Balaban J connectivity index is 1.92. The molecule has 3 aromatic carbocycles. The highest BCUT2D eigenvalue weighted by atomic mass is 35.5. The molecule has 0 spiro atoms. The van der Waals surface area contributed by atoms with Gasteiger partial charge in [0.15, 0.2) is 11.8 Å². The Morgan fingerprint density at radius 1 is 1.08 bits per heavy atom. The minimum absolute atomic E-state index is 0.0242. The molecule has 50 heavy (non-hydrogen) atoms. The van der Waals surface area contributed by atoms with Gasteiger partial charge in [-0.15, -0.1) is 13.2 Å². The summed E-state index contributed by atoms with van der Waals surface area (Å²) >= 11 is 6.57. The monoisotopic (exact) mass is 741 g/mol. The van der Waals surface area contributed by atoms with Crippen molar-refractivity contribution in [1.82, 2.24) is 10.2 Å². The Kier molecular flexibility index (Phi) is 9.83. The number of nitrogens with one attached hydrogen (secondary N) is 1. The second kappa shape index (κ2) is 13.2. The highest BCUT2D eigenvalue weighted by molar-refractivity contribution is 7.93. The maximum Gasteiger partial charge on any atom is 0.573 e. The van der Waals surface area contributed by atoms with Crippen LogP contribution in [0, 0.1) is 0 Å². The summed E-state index contributed by atoms with van der Waals surface area (Å²) in [6, 6.07) is 10.6. The van der Waals surface area contributed by atoms with E-state index in [1.165, 1.54) is 39.5 Å². The molecule has 3 aromatic rings. The van der Waals surface area contributed by atoms with Gasteiger partial charge in [0.25, 0.3) is 15.9 Å². The van der Waals surface area contributed by atoms with Crippen molar-refractivity contribution < 1.29 is 55.0 Å². The fourth-order valence-corrected chi connectivity index (χ4v) is 9.01. The normalized spacial score (nSPS) is 23.6. The number of likely N-dealkylation sites (tertiary alicyclic amines) is 1. The minimum atomic E-state index is -5.31. The fourth-order valence-electron chi connectivity index (χ4n) is 7.28. The number of methoxy groups -OCH3 is 2. The molecule has 1 fully saturated rings. The molecule has 2 amide bonds. The predicted octanol–water partition coefficient (Wildman–Crippen LogP) is 3.62. The number of rotatable bonds is 10. The molecular formula is C33H37ClF3N4O8S+. The fraction of sp³-hybridized carbons (Fsp3) is 0.394. The second-order valence-corrected chi connectivity index (χ2v) is 14.7. The maximum atomic E-state index is 15.6. The van der Waals surface area contributed by atoms with Gasteiger partial charge < -0.3 is 29.5 Å². The van der Waals surface area contributed by atoms with E-state index in [0.717, 1.165) is 18.2 Å². The largest absolute Gasteiger partial charge is 0.573 e. The van der Waals surface area contributed by atoms with Crippen molar-refractivity contribution >= 4 is 39.1 Å². The first-order chi connectivity index (χ1) is 23.3. The number of benzene rings is 3. The van der Waals surface area contributed by atoms with E-state index in [2.05, 4.69) is 10.1 Å². The van der Waals surface area contributed by atoms with Crippen LogP contribution in [0.2, 0.25) is 5.02 Å². The summed E-state index contributed by atoms with van der Waals surface area (Å²) in [4.78, 5) is 30.1. The summed E-state index contributed by atoms with van der Waals surface area (Å²) in [5.41, 5.74) is -1.55. The van der Waals surface area contributed by atoms with Gasteiger partial charge in [-0.25, -0.2) is 8.42 Å². The molecule has 2 unspecified atom stereocenters. The lowest BCUT2D eigenvalue weighted by Gasteiger charge is -2.48. The molecule has 2 aliphatic heterocycles. The quantitative estimate of drug-likeness (QED) is 0.299. The van der Waals surface area contributed by atoms with Crippen LogP contribution in [0.5, 0.6) is 17.2 Å². The molecule has 17 heteroatoms. The van der Waals surface area contributed by atoms with E-state index in [9.17, 15) is 31.5 Å². The number of likely N-dealkylation sites (N-methyl/N-ethyl adjacent to an activating group) is 2. The summed E-state index contributed by atoms with van der Waals surface area (Å²) in [6.07, 6.45) is -6.54. The maximum absolute atomic E-state index is 15.6. The zero-order valence-corrected chi connectivity index (χ0v) is 29.6. The Morgan fingerprint density at radius 3 is 2.38 bits per heavy atom. The van der Waals surface area contributed by atoms with Crippen LogP contribution in [-0.4, -0.2) is 102 Å². The number of carbonyl (C=O) groups excluding carboxylic acids is 2. The van der Waals surface area contributed by atoms with Gasteiger partial charge in [-0.05, 0) is 62.1 Å². The molecular weight excluding hydrogens is 705 g/mol. The van der Waals surface area contributed by atoms with Gasteiger partial charge >= 0.3 is 12.3 Å². The van der Waals surface area contributed by atoms with Gasteiger partial charge in [0, 0.05) is 31.1 Å². The lowest BCUT2D eigenvalue weighted by molar-refractivity contribution is -0.953. The molecule has 2 aliphatic rings. The van der Waals surface area contributed by atoms with Crippen LogP contribution < -0.4 is 23.8 Å². The molecule has 2 N–H and O–H groups in total. The zero-order chi connectivity index (χ0) is 37.0. The first-order valence-electron chi connectivity index (χ1n) is 15.3. The smallest absolute Gasteiger partial charge is 0.497 e. The highest BCUT2D eigenvalue weighted by Gasteiger charge is 2.72. The molecule has 0 bridgehead atoms. The molecule has 1 saturated heterocycles. The van der Waals surface area contributed by atoms with Crippen molar-refractivity contribution in [3.63, 3.8) is 0 Å². The van der Waals surface area contributed by atoms with Crippen molar-refractivity contribution in [1.29, 1.82) is 0 Å². The van der Waals surface area contributed by atoms with Gasteiger partial charge in [-0.1, -0.05) is 17.7 Å². The van der Waals surface area contributed by atoms with E-state index in [1.807, 2.05) is 19.0 Å². The average molecular weight is 742 g/mol. The Labute approximate surface area is 292 Å². The summed E-state index contributed by atoms with van der Waals surface area (Å²) < 4.78 is 85.3. The minimum Gasteiger partial charge on any atom is -0.497 e. The van der Waals surface area contributed by atoms with Crippen LogP contribution in [0.1, 0.15) is 23.1 Å². The SMILES string of the molecule is CNC(=O)[C@@H]1C[C@@H](O)C[N+]1(C)C1(c2cc(CN(C)C)ccc2OC)C(=O)N(S(=O)(=O)c2ccc(OC)cc2OC(F)(F)F)c2ccc(Cl)cc21. The van der Waals surface area contributed by atoms with Crippen LogP contribution in [0.4, 0.5) is 18.9 Å². The number of ether oxygens (including phenoxy) is 3. The molecule has 0 aliphatic carbocycles. The molecule has 0 saturated carbocycles. The molecule has 0 radical (unpaired) electrons. The third-order valence-electron chi connectivity index (χ3n) is 9.20. The van der Waals surface area contributed by atoms with Crippen molar-refractivity contribution in [2.45, 2.75) is 41.9 Å². The van der Waals surface area contributed by atoms with Crippen LogP contribution in [-0.2, 0) is 31.7 Å². The van der Waals surface area contributed by atoms with E-state index < -0.39 is 61.0 Å². The summed E-state index contributed by atoms with van der Waals surface area (Å²) in [6.45, 7) is 0.163. The first kappa shape index (κ1) is 37.2. The number of alkyl halides is 3. The highest BCUT2D eigenvalue weighted by Crippen LogP contribution is 2.58. The van der Waals surface area contributed by atoms with Gasteiger partial charge in [0.2, 0.25) is 5.54 Å². The third-order valence-corrected chi connectivity index (χ3v) is 11.2. The zero-order valence-electron chi connectivity index (χ0n) is 28.0. The Bertz CT molecular complexity index is 1950. The summed E-state index contributed by atoms with van der Waals surface area (Å²) in [7, 11) is 3.89. The Hall–Kier alpha value is -4.09. The lowest BCUT2D eigenvalue weighted by Crippen LogP contribution is -2.69. The molecule has 270 valence electrons. The van der Waals surface area contributed by atoms with Gasteiger partial charge in [0.05, 0.1) is 38.1 Å². The van der Waals surface area contributed by atoms with E-state index in [4.69, 9.17) is 21.1 Å². The predicted molar refractivity (Wildman–Crippen MR) is 176 cm³/mol. The van der Waals surface area contributed by atoms with Crippen LogP contribution in [0.25, 0.3) is 0 Å². The number of hydrogen-bond donors (Lipinski definition) is 2. The number of quaternary nitrogens is 1. The Morgan fingerprint density at radius 2 is 1.78 bits per heavy atom. The van der Waals surface area contributed by atoms with Crippen molar-refractivity contribution in [3.8, 4) is 17.2 Å². The first-order valence-corrected chi connectivity index (χ1v) is 17.1. The van der Waals surface area contributed by atoms with Crippen molar-refractivity contribution in [2.75, 3.05) is 53.3 Å². The van der Waals surface area contributed by atoms with Crippen LogP contribution >= 0.6 is 11.6 Å². The van der Waals surface area contributed by atoms with E-state index >= 15 is 4.79 Å². The molecule has 2 heterocycles. The number of aliphatic hydroxyl groups excluding tert-OH is 1. The number of nitrogens with zero attached hydrogens (tertiary/aromatic N) is 3. The van der Waals surface area contributed by atoms with E-state index in [1.54, 1.807) is 25.2 Å². The summed E-state index contributed by atoms with van der Waals surface area (Å²) in [5.74, 6) is -2.82. The number of hydrogen-bond acceptors (Lipinski definition) is 9. The lowest BCUT2D eigenvalue weighted by atomic mass is 9.78. The molecule has 0 aromatic heterocycles. The molecule has 5 rings (SSSR count). The third kappa shape index (κ3) is 6.02. The standard InChI is InChI=1S/C33H36ClF3N4O8S/c1-38-30(43)26-15-21(42)18-41(26,4)32(24-13-19(17-39(2)3)7-11-27(24)48-6)23-14-20(34)8-10-25(23)40(31(32)44)50(45,46)29-12-9-22(47-5)16-28(29)49-33(35,36)37/h7-14,16,21,26,42H,15,17-18H2,1-6H3/p+1/t21-,26+,32?,41?/m1/s1. The van der Waals surface area contributed by atoms with Gasteiger partial charge in [0.1, 0.15) is 29.0 Å². The van der Waals surface area contributed by atoms with Crippen LogP contribution in [0.3, 0.4) is 0 Å². The number of halogens is 4. The number of fused-ring (bicyclic) bond motifs is 1. The van der Waals surface area contributed by atoms with Gasteiger partial charge in [-0.2, -0.15) is 4.31 Å². The van der Waals surface area contributed by atoms with Crippen LogP contribution in [0.15, 0.2) is 59.5 Å². The molecule has 12 nitrogen and oxygen atoms in total. The van der Waals surface area contributed by atoms with Crippen molar-refractivity contribution in [3.05, 3.63) is 76.3 Å². The average Bonchev–Trinajstić information content (AvgIpc) is 3.49. The van der Waals surface area contributed by atoms with E-state index in [-0.39, 0.29) is 46.3 Å². The van der Waals surface area contributed by atoms with Gasteiger partial charge in [-0.3, -0.25) is 14.1 Å². The topological polar surface area (TPSA) is 135 Å².